The van der Waals surface area contributed by atoms with Crippen molar-refractivity contribution in [1.29, 1.82) is 0 Å². The predicted molar refractivity (Wildman–Crippen MR) is 76.2 cm³/mol. The summed E-state index contributed by atoms with van der Waals surface area (Å²) in [4.78, 5) is 11.5. The molecule has 118 valence electrons. The van der Waals surface area contributed by atoms with E-state index in [1.54, 1.807) is 6.07 Å². The highest BCUT2D eigenvalue weighted by atomic mass is 32.2. The SMILES string of the molecule is CCNCc1ccc(SCCC(=O)OC)cc1C(F)(F)F. The molecule has 0 unspecified atom stereocenters. The third kappa shape index (κ3) is 5.97. The van der Waals surface area contributed by atoms with Crippen LogP contribution in [0.1, 0.15) is 24.5 Å². The van der Waals surface area contributed by atoms with Crippen LogP contribution in [0.4, 0.5) is 13.2 Å². The van der Waals surface area contributed by atoms with Gasteiger partial charge in [0.05, 0.1) is 19.1 Å². The lowest BCUT2D eigenvalue weighted by Crippen LogP contribution is -2.17. The third-order valence-electron chi connectivity index (χ3n) is 2.75. The molecule has 0 saturated heterocycles. The summed E-state index contributed by atoms with van der Waals surface area (Å²) in [7, 11) is 1.28. The molecular weight excluding hydrogens is 303 g/mol. The highest BCUT2D eigenvalue weighted by molar-refractivity contribution is 7.99. The second-order valence-corrected chi connectivity index (χ2v) is 5.44. The fraction of sp³-hybridized carbons (Fsp3) is 0.500. The largest absolute Gasteiger partial charge is 0.469 e. The van der Waals surface area contributed by atoms with Gasteiger partial charge < -0.3 is 10.1 Å². The number of carbonyl (C=O) groups excluding carboxylic acids is 1. The number of hydrogen-bond donors (Lipinski definition) is 1. The van der Waals surface area contributed by atoms with E-state index in [1.165, 1.54) is 24.9 Å². The number of hydrogen-bond acceptors (Lipinski definition) is 4. The molecule has 1 aromatic carbocycles. The van der Waals surface area contributed by atoms with Gasteiger partial charge in [0.15, 0.2) is 0 Å². The second-order valence-electron chi connectivity index (χ2n) is 4.27. The molecule has 1 N–H and O–H groups in total. The van der Waals surface area contributed by atoms with Crippen molar-refractivity contribution >= 4 is 17.7 Å². The molecule has 0 fully saturated rings. The van der Waals surface area contributed by atoms with Gasteiger partial charge in [-0.05, 0) is 24.2 Å². The number of methoxy groups -OCH3 is 1. The first-order chi connectivity index (χ1) is 9.88. The molecule has 21 heavy (non-hydrogen) atoms. The summed E-state index contributed by atoms with van der Waals surface area (Å²) in [5.41, 5.74) is -0.409. The molecule has 7 heteroatoms. The first-order valence-electron chi connectivity index (χ1n) is 6.49. The molecule has 0 aliphatic heterocycles. The van der Waals surface area contributed by atoms with Crippen LogP contribution >= 0.6 is 11.8 Å². The van der Waals surface area contributed by atoms with Crippen molar-refractivity contribution in [2.24, 2.45) is 0 Å². The number of nitrogens with one attached hydrogen (secondary N) is 1. The Labute approximate surface area is 126 Å². The first kappa shape index (κ1) is 17.8. The van der Waals surface area contributed by atoms with Crippen LogP contribution in [-0.4, -0.2) is 25.4 Å². The Morgan fingerprint density at radius 3 is 2.67 bits per heavy atom. The van der Waals surface area contributed by atoms with Crippen molar-refractivity contribution in [1.82, 2.24) is 5.32 Å². The van der Waals surface area contributed by atoms with Gasteiger partial charge >= 0.3 is 12.1 Å². The van der Waals surface area contributed by atoms with E-state index >= 15 is 0 Å². The van der Waals surface area contributed by atoms with Gasteiger partial charge in [-0.3, -0.25) is 4.79 Å². The van der Waals surface area contributed by atoms with Crippen molar-refractivity contribution in [3.8, 4) is 0 Å². The second kappa shape index (κ2) is 8.29. The van der Waals surface area contributed by atoms with E-state index in [1.807, 2.05) is 6.92 Å². The zero-order valence-corrected chi connectivity index (χ0v) is 12.7. The van der Waals surface area contributed by atoms with Gasteiger partial charge in [-0.25, -0.2) is 0 Å². The highest BCUT2D eigenvalue weighted by Crippen LogP contribution is 2.35. The van der Waals surface area contributed by atoms with Gasteiger partial charge in [-0.15, -0.1) is 11.8 Å². The lowest BCUT2D eigenvalue weighted by Gasteiger charge is -2.14. The van der Waals surface area contributed by atoms with Crippen molar-refractivity contribution < 1.29 is 22.7 Å². The van der Waals surface area contributed by atoms with E-state index in [0.29, 0.717) is 17.2 Å². The van der Waals surface area contributed by atoms with Crippen molar-refractivity contribution in [2.45, 2.75) is 31.0 Å². The number of benzene rings is 1. The maximum atomic E-state index is 13.0. The van der Waals surface area contributed by atoms with E-state index in [-0.39, 0.29) is 24.5 Å². The smallest absolute Gasteiger partial charge is 0.416 e. The number of rotatable bonds is 7. The molecule has 0 saturated carbocycles. The maximum Gasteiger partial charge on any atom is 0.416 e. The predicted octanol–water partition coefficient (Wildman–Crippen LogP) is 3.47. The zero-order chi connectivity index (χ0) is 15.9. The van der Waals surface area contributed by atoms with Crippen molar-refractivity contribution in [3.05, 3.63) is 29.3 Å². The van der Waals surface area contributed by atoms with Crippen LogP contribution in [0.2, 0.25) is 0 Å². The summed E-state index contributed by atoms with van der Waals surface area (Å²) in [6.45, 7) is 2.62. The minimum absolute atomic E-state index is 0.168. The lowest BCUT2D eigenvalue weighted by atomic mass is 10.1. The number of ether oxygens (including phenoxy) is 1. The maximum absolute atomic E-state index is 13.0. The molecular formula is C14H18F3NO2S. The summed E-state index contributed by atoms with van der Waals surface area (Å²) in [5.74, 6) is 0.0126. The third-order valence-corrected chi connectivity index (χ3v) is 3.75. The summed E-state index contributed by atoms with van der Waals surface area (Å²) in [5, 5.41) is 2.89. The zero-order valence-electron chi connectivity index (χ0n) is 11.9. The van der Waals surface area contributed by atoms with Gasteiger partial charge in [-0.1, -0.05) is 13.0 Å². The molecule has 1 rings (SSSR count). The standard InChI is InChI=1S/C14H18F3NO2S/c1-3-18-9-10-4-5-11(8-12(10)14(15,16)17)21-7-6-13(19)20-2/h4-5,8,18H,3,6-7,9H2,1-2H3. The molecule has 0 heterocycles. The number of halogens is 3. The molecule has 0 radical (unpaired) electrons. The molecule has 0 aliphatic rings. The Hall–Kier alpha value is -1.21. The summed E-state index contributed by atoms with van der Waals surface area (Å²) >= 11 is 1.21. The number of carbonyl (C=O) groups is 1. The van der Waals surface area contributed by atoms with Gasteiger partial charge in [0, 0.05) is 17.2 Å². The number of thioether (sulfide) groups is 1. The van der Waals surface area contributed by atoms with E-state index in [9.17, 15) is 18.0 Å². The topological polar surface area (TPSA) is 38.3 Å². The summed E-state index contributed by atoms with van der Waals surface area (Å²) in [6, 6.07) is 4.25. The Bertz CT molecular complexity index is 478. The van der Waals surface area contributed by atoms with E-state index in [4.69, 9.17) is 0 Å². The van der Waals surface area contributed by atoms with E-state index in [0.717, 1.165) is 6.07 Å². The Balaban J connectivity index is 2.81. The minimum atomic E-state index is -4.39. The van der Waals surface area contributed by atoms with Crippen LogP contribution in [0.25, 0.3) is 0 Å². The molecule has 0 atom stereocenters. The molecule has 0 spiro atoms. The minimum Gasteiger partial charge on any atom is -0.469 e. The van der Waals surface area contributed by atoms with Crippen LogP contribution in [0.3, 0.4) is 0 Å². The van der Waals surface area contributed by atoms with E-state index < -0.39 is 11.7 Å². The van der Waals surface area contributed by atoms with Crippen LogP contribution in [0.5, 0.6) is 0 Å². The Morgan fingerprint density at radius 2 is 2.10 bits per heavy atom. The van der Waals surface area contributed by atoms with Crippen molar-refractivity contribution in [3.63, 3.8) is 0 Å². The van der Waals surface area contributed by atoms with Crippen LogP contribution in [-0.2, 0) is 22.3 Å². The summed E-state index contributed by atoms with van der Waals surface area (Å²) < 4.78 is 43.6. The van der Waals surface area contributed by atoms with Gasteiger partial charge in [0.2, 0.25) is 0 Å². The fourth-order valence-corrected chi connectivity index (χ4v) is 2.55. The molecule has 0 aromatic heterocycles. The Kier molecular flexibility index (Phi) is 7.04. The van der Waals surface area contributed by atoms with Gasteiger partial charge in [0.1, 0.15) is 0 Å². The summed E-state index contributed by atoms with van der Waals surface area (Å²) in [6.07, 6.45) is -4.22. The fourth-order valence-electron chi connectivity index (χ4n) is 1.68. The van der Waals surface area contributed by atoms with Crippen LogP contribution < -0.4 is 5.32 Å². The monoisotopic (exact) mass is 321 g/mol. The Morgan fingerprint density at radius 1 is 1.38 bits per heavy atom. The average molecular weight is 321 g/mol. The van der Waals surface area contributed by atoms with Gasteiger partial charge in [0.25, 0.3) is 0 Å². The molecule has 1 aromatic rings. The highest BCUT2D eigenvalue weighted by Gasteiger charge is 2.33. The molecule has 0 amide bonds. The quantitative estimate of drug-likeness (QED) is 0.616. The number of alkyl halides is 3. The van der Waals surface area contributed by atoms with E-state index in [2.05, 4.69) is 10.1 Å². The normalized spacial score (nSPS) is 11.5. The molecule has 3 nitrogen and oxygen atoms in total. The lowest BCUT2D eigenvalue weighted by molar-refractivity contribution is -0.140. The van der Waals surface area contributed by atoms with Gasteiger partial charge in [-0.2, -0.15) is 13.2 Å². The van der Waals surface area contributed by atoms with Crippen LogP contribution in [0.15, 0.2) is 23.1 Å². The molecule has 0 bridgehead atoms. The first-order valence-corrected chi connectivity index (χ1v) is 7.47. The van der Waals surface area contributed by atoms with Crippen LogP contribution in [0, 0.1) is 0 Å². The molecule has 0 aliphatic carbocycles. The van der Waals surface area contributed by atoms with Crippen molar-refractivity contribution in [2.75, 3.05) is 19.4 Å². The average Bonchev–Trinajstić information content (AvgIpc) is 2.44. The number of esters is 1.